The molecule has 0 aromatic carbocycles. The zero-order valence-corrected chi connectivity index (χ0v) is 5.11. The van der Waals surface area contributed by atoms with E-state index in [2.05, 4.69) is 0 Å². The molecule has 5 heteroatoms. The molecular weight excluding hydrogens is 138 g/mol. The lowest BCUT2D eigenvalue weighted by atomic mass is 10.4. The Kier molecular flexibility index (Phi) is 1.38. The Balaban J connectivity index is 3.01. The van der Waals surface area contributed by atoms with E-state index in [-0.39, 0.29) is 19.3 Å². The maximum atomic E-state index is 10.6. The largest absolute Gasteiger partial charge is 0.361 e. The van der Waals surface area contributed by atoms with Crippen molar-refractivity contribution in [3.8, 4) is 0 Å². The van der Waals surface area contributed by atoms with Crippen molar-refractivity contribution in [1.29, 1.82) is 0 Å². The number of nitrogens with zero attached hydrogens (tertiary/aromatic N) is 1. The summed E-state index contributed by atoms with van der Waals surface area (Å²) in [6.07, 6.45) is -0.153. The molecule has 1 aliphatic rings. The van der Waals surface area contributed by atoms with Gasteiger partial charge in [-0.1, -0.05) is 0 Å². The fourth-order valence-electron chi connectivity index (χ4n) is 0.811. The second-order valence-corrected chi connectivity index (χ2v) is 2.08. The molecular formula is C5H6NO4+. The highest BCUT2D eigenvalue weighted by Crippen LogP contribution is 2.16. The number of amides is 3. The second-order valence-electron chi connectivity index (χ2n) is 2.08. The third kappa shape index (κ3) is 0.680. The molecule has 0 radical (unpaired) electrons. The van der Waals surface area contributed by atoms with Gasteiger partial charge in [-0.3, -0.25) is 0 Å². The predicted octanol–water partition coefficient (Wildman–Crippen LogP) is -0.804. The number of quaternary nitrogens is 1. The van der Waals surface area contributed by atoms with Gasteiger partial charge in [0.25, 0.3) is 0 Å². The van der Waals surface area contributed by atoms with Crippen molar-refractivity contribution < 1.29 is 24.2 Å². The molecule has 0 aromatic rings. The topological polar surface area (TPSA) is 71.4 Å². The van der Waals surface area contributed by atoms with Gasteiger partial charge in [0.1, 0.15) is 0 Å². The van der Waals surface area contributed by atoms with Crippen LogP contribution in [-0.4, -0.2) is 28.1 Å². The van der Waals surface area contributed by atoms with Gasteiger partial charge in [0.05, 0.1) is 12.8 Å². The van der Waals surface area contributed by atoms with Crippen molar-refractivity contribution >= 4 is 18.2 Å². The molecule has 0 saturated carbocycles. The molecule has 1 rings (SSSR count). The molecule has 1 N–H and O–H groups in total. The van der Waals surface area contributed by atoms with E-state index >= 15 is 0 Å². The van der Waals surface area contributed by atoms with Crippen LogP contribution in [0.3, 0.4) is 0 Å². The number of hydroxylamine groups is 3. The van der Waals surface area contributed by atoms with Crippen LogP contribution in [0.1, 0.15) is 12.8 Å². The van der Waals surface area contributed by atoms with E-state index in [9.17, 15) is 14.4 Å². The summed E-state index contributed by atoms with van der Waals surface area (Å²) in [6, 6.07) is 0. The van der Waals surface area contributed by atoms with Crippen LogP contribution in [0, 0.1) is 0 Å². The normalized spacial score (nSPS) is 23.3. The van der Waals surface area contributed by atoms with Crippen molar-refractivity contribution in [1.82, 2.24) is 0 Å². The van der Waals surface area contributed by atoms with E-state index in [1.807, 2.05) is 0 Å². The Morgan fingerprint density at radius 3 is 1.90 bits per heavy atom. The summed E-state index contributed by atoms with van der Waals surface area (Å²) >= 11 is 0. The van der Waals surface area contributed by atoms with Gasteiger partial charge >= 0.3 is 18.2 Å². The third-order valence-electron chi connectivity index (χ3n) is 1.47. The lowest BCUT2D eigenvalue weighted by Crippen LogP contribution is -2.47. The SMILES string of the molecule is O=C[N+]1(O)C(=O)CCC1=O. The zero-order valence-electron chi connectivity index (χ0n) is 5.11. The molecule has 1 aliphatic heterocycles. The number of hydrogen-bond acceptors (Lipinski definition) is 4. The highest BCUT2D eigenvalue weighted by molar-refractivity contribution is 5.96. The molecule has 1 heterocycles. The van der Waals surface area contributed by atoms with Gasteiger partial charge in [-0.25, -0.2) is 14.4 Å². The van der Waals surface area contributed by atoms with Crippen molar-refractivity contribution in [3.05, 3.63) is 0 Å². The minimum atomic E-state index is -1.67. The maximum absolute atomic E-state index is 10.6. The lowest BCUT2D eigenvalue weighted by Gasteiger charge is -2.07. The highest BCUT2D eigenvalue weighted by atomic mass is 16.6. The first-order chi connectivity index (χ1) is 4.61. The van der Waals surface area contributed by atoms with E-state index in [4.69, 9.17) is 5.21 Å². The quantitative estimate of drug-likeness (QED) is 0.226. The average Bonchev–Trinajstić information content (AvgIpc) is 2.18. The second kappa shape index (κ2) is 1.96. The Morgan fingerprint density at radius 1 is 1.30 bits per heavy atom. The van der Waals surface area contributed by atoms with Crippen LogP contribution in [0.2, 0.25) is 0 Å². The van der Waals surface area contributed by atoms with Crippen LogP contribution < -0.4 is 0 Å². The summed E-state index contributed by atoms with van der Waals surface area (Å²) in [6.45, 7) is 0. The fourth-order valence-corrected chi connectivity index (χ4v) is 0.811. The molecule has 0 atom stereocenters. The van der Waals surface area contributed by atoms with Gasteiger partial charge in [-0.2, -0.15) is 5.21 Å². The molecule has 10 heavy (non-hydrogen) atoms. The lowest BCUT2D eigenvalue weighted by molar-refractivity contribution is -0.897. The standard InChI is InChI=1S/C5H6NO4/c7-3-6(10)4(8)1-2-5(6)9/h3,10H,1-2H2/q+1. The number of hydrogen-bond donors (Lipinski definition) is 1. The first kappa shape index (κ1) is 7.04. The monoisotopic (exact) mass is 144 g/mol. The van der Waals surface area contributed by atoms with Gasteiger partial charge in [0, 0.05) is 4.65 Å². The molecule has 0 aromatic heterocycles. The Hall–Kier alpha value is -1.07. The first-order valence-electron chi connectivity index (χ1n) is 2.76. The summed E-state index contributed by atoms with van der Waals surface area (Å²) in [7, 11) is 0. The molecule has 3 amide bonds. The molecule has 0 spiro atoms. The number of imide groups is 3. The van der Waals surface area contributed by atoms with Crippen LogP contribution in [0.15, 0.2) is 0 Å². The Morgan fingerprint density at radius 2 is 1.70 bits per heavy atom. The van der Waals surface area contributed by atoms with Crippen LogP contribution >= 0.6 is 0 Å². The van der Waals surface area contributed by atoms with Crippen LogP contribution in [-0.2, 0) is 14.4 Å². The predicted molar refractivity (Wildman–Crippen MR) is 27.4 cm³/mol. The molecule has 0 bridgehead atoms. The summed E-state index contributed by atoms with van der Waals surface area (Å²) in [5, 5.41) is 8.91. The fraction of sp³-hybridized carbons (Fsp3) is 0.400. The number of carbonyl (C=O) groups is 3. The number of carbonyl (C=O) groups excluding carboxylic acids is 3. The minimum Gasteiger partial charge on any atom is -0.229 e. The third-order valence-corrected chi connectivity index (χ3v) is 1.47. The van der Waals surface area contributed by atoms with E-state index in [0.29, 0.717) is 0 Å². The maximum Gasteiger partial charge on any atom is 0.361 e. The highest BCUT2D eigenvalue weighted by Gasteiger charge is 2.50. The van der Waals surface area contributed by atoms with E-state index in [0.717, 1.165) is 0 Å². The van der Waals surface area contributed by atoms with E-state index in [1.165, 1.54) is 0 Å². The van der Waals surface area contributed by atoms with Crippen LogP contribution in [0.5, 0.6) is 0 Å². The summed E-state index contributed by atoms with van der Waals surface area (Å²) in [5.74, 6) is -1.50. The van der Waals surface area contributed by atoms with Crippen molar-refractivity contribution in [3.63, 3.8) is 0 Å². The van der Waals surface area contributed by atoms with Crippen LogP contribution in [0.25, 0.3) is 0 Å². The molecule has 54 valence electrons. The summed E-state index contributed by atoms with van der Waals surface area (Å²) in [4.78, 5) is 31.2. The number of likely N-dealkylation sites (tertiary alicyclic amines) is 1. The van der Waals surface area contributed by atoms with Crippen molar-refractivity contribution in [2.24, 2.45) is 0 Å². The van der Waals surface area contributed by atoms with Gasteiger partial charge in [-0.05, 0) is 0 Å². The van der Waals surface area contributed by atoms with Gasteiger partial charge in [0.15, 0.2) is 0 Å². The van der Waals surface area contributed by atoms with E-state index in [1.54, 1.807) is 0 Å². The molecule has 0 aliphatic carbocycles. The molecule has 1 fully saturated rings. The molecule has 1 saturated heterocycles. The average molecular weight is 144 g/mol. The van der Waals surface area contributed by atoms with Gasteiger partial charge < -0.3 is 0 Å². The zero-order chi connectivity index (χ0) is 7.78. The van der Waals surface area contributed by atoms with Crippen molar-refractivity contribution in [2.75, 3.05) is 0 Å². The molecule has 0 unspecified atom stereocenters. The summed E-state index contributed by atoms with van der Waals surface area (Å²) in [5.41, 5.74) is 0. The van der Waals surface area contributed by atoms with Gasteiger partial charge in [-0.15, -0.1) is 0 Å². The van der Waals surface area contributed by atoms with Crippen LogP contribution in [0.4, 0.5) is 0 Å². The first-order valence-corrected chi connectivity index (χ1v) is 2.76. The molecule has 5 nitrogen and oxygen atoms in total. The number of rotatable bonds is 1. The minimum absolute atomic E-state index is 0.0475. The smallest absolute Gasteiger partial charge is 0.229 e. The summed E-state index contributed by atoms with van der Waals surface area (Å²) < 4.78 is -1.67. The van der Waals surface area contributed by atoms with Crippen molar-refractivity contribution in [2.45, 2.75) is 12.8 Å². The Bertz CT molecular complexity index is 194. The van der Waals surface area contributed by atoms with E-state index < -0.39 is 16.5 Å². The Labute approximate surface area is 56.4 Å². The van der Waals surface area contributed by atoms with Gasteiger partial charge in [0.2, 0.25) is 0 Å².